The number of ether oxygens (including phenoxy) is 1. The van der Waals surface area contributed by atoms with Gasteiger partial charge in [-0.25, -0.2) is 27.3 Å². The van der Waals surface area contributed by atoms with Gasteiger partial charge in [0, 0.05) is 6.07 Å². The molecule has 0 aliphatic carbocycles. The van der Waals surface area contributed by atoms with Gasteiger partial charge in [0.15, 0.2) is 12.4 Å². The summed E-state index contributed by atoms with van der Waals surface area (Å²) in [6, 6.07) is 7.22. The number of carbonyl (C=O) groups is 1. The van der Waals surface area contributed by atoms with Gasteiger partial charge in [-0.05, 0) is 30.3 Å². The van der Waals surface area contributed by atoms with Gasteiger partial charge in [-0.3, -0.25) is 4.72 Å². The Bertz CT molecular complexity index is 1120. The van der Waals surface area contributed by atoms with E-state index in [9.17, 15) is 17.6 Å². The predicted octanol–water partition coefficient (Wildman–Crippen LogP) is 2.32. The molecule has 0 saturated heterocycles. The number of sulfonamides is 1. The van der Waals surface area contributed by atoms with E-state index in [-0.39, 0.29) is 27.0 Å². The van der Waals surface area contributed by atoms with E-state index in [4.69, 9.17) is 21.4 Å². The van der Waals surface area contributed by atoms with Crippen molar-refractivity contribution in [1.82, 2.24) is 14.8 Å². The molecule has 3 rings (SSSR count). The highest BCUT2D eigenvalue weighted by Crippen LogP contribution is 2.28. The van der Waals surface area contributed by atoms with Gasteiger partial charge in [0.25, 0.3) is 10.0 Å². The lowest BCUT2D eigenvalue weighted by Gasteiger charge is -2.11. The Hall–Kier alpha value is -3.18. The number of carboxylic acid groups (broad SMARTS) is 1. The predicted molar refractivity (Wildman–Crippen MR) is 96.7 cm³/mol. The van der Waals surface area contributed by atoms with Crippen molar-refractivity contribution < 1.29 is 27.4 Å². The van der Waals surface area contributed by atoms with Crippen molar-refractivity contribution in [3.63, 3.8) is 0 Å². The molecule has 0 spiro atoms. The fraction of sp³-hybridized carbons (Fsp3) is 0.0625. The minimum absolute atomic E-state index is 0.0105. The number of rotatable bonds is 7. The fourth-order valence-electron chi connectivity index (χ4n) is 2.21. The molecule has 12 heteroatoms. The van der Waals surface area contributed by atoms with Crippen LogP contribution in [-0.4, -0.2) is 40.9 Å². The number of benzene rings is 2. The number of nitrogens with one attached hydrogen (secondary N) is 1. The van der Waals surface area contributed by atoms with Crippen LogP contribution < -0.4 is 9.46 Å². The van der Waals surface area contributed by atoms with E-state index in [1.807, 2.05) is 0 Å². The van der Waals surface area contributed by atoms with Crippen molar-refractivity contribution in [3.05, 3.63) is 59.9 Å². The number of anilines is 1. The van der Waals surface area contributed by atoms with Crippen molar-refractivity contribution >= 4 is 33.3 Å². The summed E-state index contributed by atoms with van der Waals surface area (Å²) in [5, 5.41) is 12.3. The average Bonchev–Trinajstić information content (AvgIpc) is 3.14. The van der Waals surface area contributed by atoms with E-state index in [2.05, 4.69) is 14.8 Å². The smallest absolute Gasteiger partial charge is 0.341 e. The second-order valence-electron chi connectivity index (χ2n) is 5.39. The van der Waals surface area contributed by atoms with Gasteiger partial charge in [0.2, 0.25) is 0 Å². The monoisotopic (exact) mass is 426 g/mol. The summed E-state index contributed by atoms with van der Waals surface area (Å²) in [4.78, 5) is 14.0. The lowest BCUT2D eigenvalue weighted by molar-refractivity contribution is -0.139. The quantitative estimate of drug-likeness (QED) is 0.594. The first-order valence-electron chi connectivity index (χ1n) is 7.58. The number of hydrogen-bond donors (Lipinski definition) is 2. The summed E-state index contributed by atoms with van der Waals surface area (Å²) in [5.74, 6) is -1.89. The molecule has 0 aliphatic rings. The van der Waals surface area contributed by atoms with Crippen LogP contribution in [0, 0.1) is 5.82 Å². The molecule has 146 valence electrons. The molecule has 3 aromatic rings. The van der Waals surface area contributed by atoms with Crippen LogP contribution in [0.2, 0.25) is 5.02 Å². The zero-order valence-corrected chi connectivity index (χ0v) is 15.5. The second kappa shape index (κ2) is 7.82. The third kappa shape index (κ3) is 4.38. The maximum Gasteiger partial charge on any atom is 0.341 e. The van der Waals surface area contributed by atoms with Crippen LogP contribution in [0.3, 0.4) is 0 Å². The van der Waals surface area contributed by atoms with E-state index in [0.29, 0.717) is 0 Å². The van der Waals surface area contributed by atoms with Gasteiger partial charge in [0.1, 0.15) is 24.1 Å². The van der Waals surface area contributed by atoms with Gasteiger partial charge >= 0.3 is 5.97 Å². The fourth-order valence-corrected chi connectivity index (χ4v) is 3.58. The van der Waals surface area contributed by atoms with E-state index in [1.165, 1.54) is 41.6 Å². The molecule has 0 radical (unpaired) electrons. The van der Waals surface area contributed by atoms with Gasteiger partial charge < -0.3 is 9.84 Å². The minimum Gasteiger partial charge on any atom is -0.480 e. The van der Waals surface area contributed by atoms with Crippen LogP contribution in [0.5, 0.6) is 5.75 Å². The van der Waals surface area contributed by atoms with E-state index in [0.717, 1.165) is 12.1 Å². The van der Waals surface area contributed by atoms with Crippen LogP contribution in [0.1, 0.15) is 0 Å². The number of carboxylic acids is 1. The molecular weight excluding hydrogens is 415 g/mol. The summed E-state index contributed by atoms with van der Waals surface area (Å²) in [7, 11) is -4.08. The molecule has 0 bridgehead atoms. The molecule has 2 aromatic carbocycles. The lowest BCUT2D eigenvalue weighted by atomic mass is 10.3. The summed E-state index contributed by atoms with van der Waals surface area (Å²) in [6.07, 6.45) is 2.54. The molecule has 28 heavy (non-hydrogen) atoms. The standard InChI is InChI=1S/C16H12ClFN4O5S/c17-12-6-11(2-4-15(12)27-7-16(23)24)28(25,26)21-10-1-3-14(13(18)5-10)22-9-19-8-20-22/h1-6,8-9,21H,7H2,(H,23,24). The van der Waals surface area contributed by atoms with Crippen LogP contribution in [0.25, 0.3) is 5.69 Å². The molecule has 1 aromatic heterocycles. The van der Waals surface area contributed by atoms with Crippen molar-refractivity contribution in [2.45, 2.75) is 4.90 Å². The maximum absolute atomic E-state index is 14.2. The Kier molecular flexibility index (Phi) is 5.47. The maximum atomic E-state index is 14.2. The van der Waals surface area contributed by atoms with Gasteiger partial charge in [-0.2, -0.15) is 5.10 Å². The zero-order valence-electron chi connectivity index (χ0n) is 13.9. The van der Waals surface area contributed by atoms with Crippen LogP contribution in [-0.2, 0) is 14.8 Å². The Labute approximate surface area is 163 Å². The van der Waals surface area contributed by atoms with Crippen LogP contribution >= 0.6 is 11.6 Å². The van der Waals surface area contributed by atoms with Crippen molar-refractivity contribution in [3.8, 4) is 11.4 Å². The third-order valence-corrected chi connectivity index (χ3v) is 5.10. The molecule has 0 aliphatic heterocycles. The number of aromatic nitrogens is 3. The molecule has 0 amide bonds. The third-order valence-electron chi connectivity index (χ3n) is 3.43. The average molecular weight is 427 g/mol. The van der Waals surface area contributed by atoms with E-state index in [1.54, 1.807) is 0 Å². The summed E-state index contributed by atoms with van der Waals surface area (Å²) in [5.41, 5.74) is 0.0899. The SMILES string of the molecule is O=C(O)COc1ccc(S(=O)(=O)Nc2ccc(-n3cncn3)c(F)c2)cc1Cl. The molecule has 0 atom stereocenters. The Morgan fingerprint density at radius 3 is 2.68 bits per heavy atom. The number of halogens is 2. The van der Waals surface area contributed by atoms with Crippen molar-refractivity contribution in [2.24, 2.45) is 0 Å². The minimum atomic E-state index is -4.08. The molecule has 0 unspecified atom stereocenters. The van der Waals surface area contributed by atoms with Crippen molar-refractivity contribution in [2.75, 3.05) is 11.3 Å². The van der Waals surface area contributed by atoms with E-state index >= 15 is 0 Å². The van der Waals surface area contributed by atoms with Crippen molar-refractivity contribution in [1.29, 1.82) is 0 Å². The summed E-state index contributed by atoms with van der Waals surface area (Å²) in [6.45, 7) is -0.624. The largest absolute Gasteiger partial charge is 0.480 e. The molecular formula is C16H12ClFN4O5S. The molecule has 0 fully saturated rings. The molecule has 2 N–H and O–H groups in total. The highest BCUT2D eigenvalue weighted by atomic mass is 35.5. The van der Waals surface area contributed by atoms with Crippen LogP contribution in [0.15, 0.2) is 53.9 Å². The van der Waals surface area contributed by atoms with Crippen LogP contribution in [0.4, 0.5) is 10.1 Å². The highest BCUT2D eigenvalue weighted by Gasteiger charge is 2.18. The lowest BCUT2D eigenvalue weighted by Crippen LogP contribution is -2.14. The Balaban J connectivity index is 1.81. The molecule has 1 heterocycles. The first-order valence-corrected chi connectivity index (χ1v) is 9.44. The highest BCUT2D eigenvalue weighted by molar-refractivity contribution is 7.92. The first kappa shape index (κ1) is 19.6. The summed E-state index contributed by atoms with van der Waals surface area (Å²) < 4.78 is 47.6. The molecule has 9 nitrogen and oxygen atoms in total. The number of hydrogen-bond acceptors (Lipinski definition) is 6. The van der Waals surface area contributed by atoms with Gasteiger partial charge in [-0.15, -0.1) is 0 Å². The normalized spacial score (nSPS) is 11.2. The second-order valence-corrected chi connectivity index (χ2v) is 7.48. The van der Waals surface area contributed by atoms with Gasteiger partial charge in [0.05, 0.1) is 15.6 Å². The number of aliphatic carboxylic acids is 1. The number of nitrogens with zero attached hydrogens (tertiary/aromatic N) is 3. The summed E-state index contributed by atoms with van der Waals surface area (Å²) >= 11 is 5.94. The zero-order chi connectivity index (χ0) is 20.3. The molecule has 0 saturated carbocycles. The Morgan fingerprint density at radius 2 is 2.07 bits per heavy atom. The van der Waals surface area contributed by atoms with E-state index < -0.39 is 28.4 Å². The topological polar surface area (TPSA) is 123 Å². The Morgan fingerprint density at radius 1 is 1.29 bits per heavy atom. The van der Waals surface area contributed by atoms with Gasteiger partial charge in [-0.1, -0.05) is 11.6 Å². The first-order chi connectivity index (χ1) is 13.3.